The highest BCUT2D eigenvalue weighted by Crippen LogP contribution is 2.24. The number of rotatable bonds is 4. The van der Waals surface area contributed by atoms with Crippen LogP contribution in [-0.4, -0.2) is 0 Å². The van der Waals surface area contributed by atoms with Crippen LogP contribution in [0.5, 0.6) is 0 Å². The molecule has 1 aromatic heterocycles. The van der Waals surface area contributed by atoms with Gasteiger partial charge in [-0.25, -0.2) is 0 Å². The summed E-state index contributed by atoms with van der Waals surface area (Å²) in [4.78, 5) is 0. The normalized spacial score (nSPS) is 10.7. The van der Waals surface area contributed by atoms with E-state index in [0.29, 0.717) is 5.56 Å². The van der Waals surface area contributed by atoms with Crippen molar-refractivity contribution in [3.63, 3.8) is 0 Å². The van der Waals surface area contributed by atoms with Crippen LogP contribution in [0, 0.1) is 18.3 Å². The largest absolute Gasteiger partial charge is 0.461 e. The summed E-state index contributed by atoms with van der Waals surface area (Å²) in [7, 11) is 0. The zero-order valence-electron chi connectivity index (χ0n) is 11.9. The Morgan fingerprint density at radius 1 is 1.10 bits per heavy atom. The summed E-state index contributed by atoms with van der Waals surface area (Å²) in [5, 5.41) is 13.5. The summed E-state index contributed by atoms with van der Waals surface area (Å²) in [6, 6.07) is 17.9. The predicted octanol–water partition coefficient (Wildman–Crippen LogP) is 3.90. The van der Waals surface area contributed by atoms with E-state index in [4.69, 9.17) is 9.68 Å². The van der Waals surface area contributed by atoms with Gasteiger partial charge in [0.15, 0.2) is 0 Å². The molecule has 104 valence electrons. The number of hydrogen-bond donors (Lipinski definition) is 1. The molecule has 0 saturated carbocycles. The molecule has 3 heteroatoms. The molecule has 2 aromatic carbocycles. The lowest BCUT2D eigenvalue weighted by molar-refractivity contribution is 0.565. The molecule has 0 aliphatic heterocycles. The van der Waals surface area contributed by atoms with Crippen molar-refractivity contribution in [2.24, 2.45) is 0 Å². The fourth-order valence-corrected chi connectivity index (χ4v) is 2.52. The van der Waals surface area contributed by atoms with Crippen LogP contribution in [0.3, 0.4) is 0 Å². The molecule has 21 heavy (non-hydrogen) atoms. The second-order valence-corrected chi connectivity index (χ2v) is 5.05. The van der Waals surface area contributed by atoms with Crippen molar-refractivity contribution in [1.82, 2.24) is 5.32 Å². The summed E-state index contributed by atoms with van der Waals surface area (Å²) in [6.45, 7) is 3.47. The molecule has 0 radical (unpaired) electrons. The number of aryl methyl sites for hydroxylation is 1. The number of hydrogen-bond acceptors (Lipinski definition) is 3. The second-order valence-electron chi connectivity index (χ2n) is 5.05. The number of nitrogens with one attached hydrogen (secondary N) is 1. The molecule has 0 unspecified atom stereocenters. The van der Waals surface area contributed by atoms with Crippen LogP contribution in [-0.2, 0) is 13.1 Å². The van der Waals surface area contributed by atoms with Crippen LogP contribution >= 0.6 is 0 Å². The summed E-state index contributed by atoms with van der Waals surface area (Å²) in [6.07, 6.45) is 0. The van der Waals surface area contributed by atoms with Gasteiger partial charge in [0.25, 0.3) is 0 Å². The average molecular weight is 276 g/mol. The molecule has 0 spiro atoms. The lowest BCUT2D eigenvalue weighted by atomic mass is 10.1. The van der Waals surface area contributed by atoms with Gasteiger partial charge in [0.05, 0.1) is 11.6 Å². The van der Waals surface area contributed by atoms with Gasteiger partial charge in [-0.3, -0.25) is 0 Å². The van der Waals surface area contributed by atoms with Gasteiger partial charge in [-0.15, -0.1) is 0 Å². The maximum absolute atomic E-state index is 8.91. The number of nitrogens with zero attached hydrogens (tertiary/aromatic N) is 1. The second kappa shape index (κ2) is 5.82. The van der Waals surface area contributed by atoms with Gasteiger partial charge >= 0.3 is 0 Å². The van der Waals surface area contributed by atoms with Crippen LogP contribution in [0.2, 0.25) is 0 Å². The van der Waals surface area contributed by atoms with Gasteiger partial charge in [-0.1, -0.05) is 30.3 Å². The minimum absolute atomic E-state index is 0.694. The average Bonchev–Trinajstić information content (AvgIpc) is 2.83. The highest BCUT2D eigenvalue weighted by Gasteiger charge is 2.09. The van der Waals surface area contributed by atoms with Crippen molar-refractivity contribution >= 4 is 11.0 Å². The van der Waals surface area contributed by atoms with E-state index in [-0.39, 0.29) is 0 Å². The molecule has 3 rings (SSSR count). The highest BCUT2D eigenvalue weighted by atomic mass is 16.3. The zero-order valence-corrected chi connectivity index (χ0v) is 11.9. The van der Waals surface area contributed by atoms with Crippen molar-refractivity contribution < 1.29 is 4.42 Å². The van der Waals surface area contributed by atoms with E-state index in [0.717, 1.165) is 35.4 Å². The van der Waals surface area contributed by atoms with Gasteiger partial charge < -0.3 is 9.73 Å². The first kappa shape index (κ1) is 13.4. The topological polar surface area (TPSA) is 49.0 Å². The first-order chi connectivity index (χ1) is 10.3. The Hall–Kier alpha value is -2.57. The van der Waals surface area contributed by atoms with Crippen molar-refractivity contribution in [1.29, 1.82) is 5.26 Å². The Bertz CT molecular complexity index is 811. The van der Waals surface area contributed by atoms with Crippen LogP contribution < -0.4 is 5.32 Å². The van der Waals surface area contributed by atoms with Crippen molar-refractivity contribution in [3.05, 3.63) is 71.0 Å². The molecule has 0 aliphatic carbocycles. The van der Waals surface area contributed by atoms with Crippen LogP contribution in [0.15, 0.2) is 52.9 Å². The number of benzene rings is 2. The Balaban J connectivity index is 1.72. The molecular formula is C18H16N2O. The Kier molecular flexibility index (Phi) is 3.72. The first-order valence-corrected chi connectivity index (χ1v) is 6.94. The zero-order chi connectivity index (χ0) is 14.7. The smallest absolute Gasteiger partial charge is 0.134 e. The Morgan fingerprint density at radius 2 is 1.95 bits per heavy atom. The van der Waals surface area contributed by atoms with Crippen molar-refractivity contribution in [2.45, 2.75) is 20.0 Å². The van der Waals surface area contributed by atoms with E-state index in [1.807, 2.05) is 49.4 Å². The standard InChI is InChI=1S/C18H16N2O/c1-13-17(16-7-2-3-8-18(16)21-13)12-20-11-15-6-4-5-14(9-15)10-19/h2-9,20H,11-12H2,1H3. The quantitative estimate of drug-likeness (QED) is 0.786. The maximum Gasteiger partial charge on any atom is 0.134 e. The fourth-order valence-electron chi connectivity index (χ4n) is 2.52. The van der Waals surface area contributed by atoms with E-state index in [1.165, 1.54) is 5.56 Å². The minimum Gasteiger partial charge on any atom is -0.461 e. The molecule has 0 bridgehead atoms. The summed E-state index contributed by atoms with van der Waals surface area (Å²) < 4.78 is 5.76. The molecular weight excluding hydrogens is 260 g/mol. The summed E-state index contributed by atoms with van der Waals surface area (Å²) >= 11 is 0. The van der Waals surface area contributed by atoms with Gasteiger partial charge in [0, 0.05) is 24.0 Å². The fraction of sp³-hybridized carbons (Fsp3) is 0.167. The summed E-state index contributed by atoms with van der Waals surface area (Å²) in [5.41, 5.74) is 3.93. The number of fused-ring (bicyclic) bond motifs is 1. The minimum atomic E-state index is 0.694. The molecule has 3 nitrogen and oxygen atoms in total. The highest BCUT2D eigenvalue weighted by molar-refractivity contribution is 5.82. The first-order valence-electron chi connectivity index (χ1n) is 6.94. The van der Waals surface area contributed by atoms with Crippen LogP contribution in [0.1, 0.15) is 22.5 Å². The predicted molar refractivity (Wildman–Crippen MR) is 82.7 cm³/mol. The molecule has 1 heterocycles. The van der Waals surface area contributed by atoms with Crippen molar-refractivity contribution in [2.75, 3.05) is 0 Å². The third-order valence-electron chi connectivity index (χ3n) is 3.59. The van der Waals surface area contributed by atoms with Gasteiger partial charge in [0.1, 0.15) is 11.3 Å². The van der Waals surface area contributed by atoms with E-state index >= 15 is 0 Å². The number of para-hydroxylation sites is 1. The third-order valence-corrected chi connectivity index (χ3v) is 3.59. The Labute approximate surface area is 123 Å². The van der Waals surface area contributed by atoms with E-state index < -0.39 is 0 Å². The molecule has 0 aliphatic rings. The lowest BCUT2D eigenvalue weighted by Gasteiger charge is -2.05. The van der Waals surface area contributed by atoms with E-state index in [2.05, 4.69) is 17.5 Å². The lowest BCUT2D eigenvalue weighted by Crippen LogP contribution is -2.13. The monoisotopic (exact) mass is 276 g/mol. The maximum atomic E-state index is 8.91. The third kappa shape index (κ3) is 2.81. The SMILES string of the molecule is Cc1oc2ccccc2c1CNCc1cccc(C#N)c1. The molecule has 3 aromatic rings. The molecule has 0 atom stereocenters. The van der Waals surface area contributed by atoms with Gasteiger partial charge in [0.2, 0.25) is 0 Å². The van der Waals surface area contributed by atoms with Gasteiger partial charge in [-0.05, 0) is 30.7 Å². The van der Waals surface area contributed by atoms with Crippen LogP contribution in [0.4, 0.5) is 0 Å². The summed E-state index contributed by atoms with van der Waals surface area (Å²) in [5.74, 6) is 0.953. The Morgan fingerprint density at radius 3 is 2.81 bits per heavy atom. The molecule has 0 fully saturated rings. The molecule has 0 saturated heterocycles. The molecule has 0 amide bonds. The van der Waals surface area contributed by atoms with E-state index in [1.54, 1.807) is 0 Å². The number of nitriles is 1. The van der Waals surface area contributed by atoms with E-state index in [9.17, 15) is 0 Å². The van der Waals surface area contributed by atoms with Crippen molar-refractivity contribution in [3.8, 4) is 6.07 Å². The van der Waals surface area contributed by atoms with Gasteiger partial charge in [-0.2, -0.15) is 5.26 Å². The van der Waals surface area contributed by atoms with Crippen LogP contribution in [0.25, 0.3) is 11.0 Å². The molecule has 1 N–H and O–H groups in total. The number of furan rings is 1.